The van der Waals surface area contributed by atoms with E-state index in [0.717, 1.165) is 6.42 Å². The molecule has 0 spiro atoms. The summed E-state index contributed by atoms with van der Waals surface area (Å²) in [5.41, 5.74) is 4.84. The number of ether oxygens (including phenoxy) is 4. The number of hydrogen-bond acceptors (Lipinski definition) is 9. The number of hydrogen-bond donors (Lipinski definition) is 2. The molecular formula is C25H37NO9. The van der Waals surface area contributed by atoms with Crippen molar-refractivity contribution in [1.29, 1.82) is 0 Å². The van der Waals surface area contributed by atoms with E-state index >= 15 is 0 Å². The number of carboxylic acid groups (broad SMARTS) is 1. The summed E-state index contributed by atoms with van der Waals surface area (Å²) in [7, 11) is 0. The van der Waals surface area contributed by atoms with Gasteiger partial charge in [-0.05, 0) is 43.9 Å². The highest BCUT2D eigenvalue weighted by Crippen LogP contribution is 2.31. The van der Waals surface area contributed by atoms with Gasteiger partial charge in [0.1, 0.15) is 11.6 Å². The molecule has 0 heterocycles. The van der Waals surface area contributed by atoms with Crippen LogP contribution in [0.15, 0.2) is 18.2 Å². The van der Waals surface area contributed by atoms with Crippen LogP contribution in [-0.4, -0.2) is 47.4 Å². The van der Waals surface area contributed by atoms with Crippen LogP contribution in [0.25, 0.3) is 0 Å². The van der Waals surface area contributed by atoms with E-state index in [2.05, 4.69) is 0 Å². The number of nitrogens with two attached hydrogens (primary N) is 1. The van der Waals surface area contributed by atoms with Crippen LogP contribution in [0.2, 0.25) is 0 Å². The van der Waals surface area contributed by atoms with Crippen molar-refractivity contribution in [1.82, 2.24) is 0 Å². The number of rotatable bonds is 15. The fourth-order valence-corrected chi connectivity index (χ4v) is 3.23. The molecule has 1 unspecified atom stereocenters. The summed E-state index contributed by atoms with van der Waals surface area (Å²) < 4.78 is 20.8. The molecule has 1 rings (SSSR count). The Morgan fingerprint density at radius 3 is 2.11 bits per heavy atom. The normalized spacial score (nSPS) is 13.3. The molecule has 1 aromatic rings. The van der Waals surface area contributed by atoms with Crippen LogP contribution in [0.4, 0.5) is 4.79 Å². The lowest BCUT2D eigenvalue weighted by molar-refractivity contribution is -0.144. The highest BCUT2D eigenvalue weighted by atomic mass is 16.7. The highest BCUT2D eigenvalue weighted by Gasteiger charge is 2.37. The Balaban J connectivity index is 3.06. The van der Waals surface area contributed by atoms with E-state index in [1.165, 1.54) is 19.1 Å². The molecule has 2 atom stereocenters. The molecule has 0 bridgehead atoms. The van der Waals surface area contributed by atoms with Crippen LogP contribution in [0.3, 0.4) is 0 Å². The van der Waals surface area contributed by atoms with Crippen LogP contribution in [0.1, 0.15) is 78.2 Å². The van der Waals surface area contributed by atoms with Crippen LogP contribution in [0.5, 0.6) is 11.5 Å². The molecule has 0 saturated heterocycles. The monoisotopic (exact) mass is 495 g/mol. The SMILES string of the molecule is CCCCOC(=O)O[C@@H](C)CC(N)(Cc1ccc(OC(=O)CCC)c(OC(=O)CCC)c1)C(=O)O. The van der Waals surface area contributed by atoms with Crippen LogP contribution >= 0.6 is 0 Å². The second-order valence-corrected chi connectivity index (χ2v) is 8.45. The summed E-state index contributed by atoms with van der Waals surface area (Å²) in [4.78, 5) is 47.9. The quantitative estimate of drug-likeness (QED) is 0.206. The maximum absolute atomic E-state index is 12.1. The molecule has 0 amide bonds. The molecule has 196 valence electrons. The number of benzene rings is 1. The van der Waals surface area contributed by atoms with Crippen molar-refractivity contribution in [2.45, 2.75) is 90.7 Å². The Bertz CT molecular complexity index is 870. The van der Waals surface area contributed by atoms with E-state index < -0.39 is 35.7 Å². The summed E-state index contributed by atoms with van der Waals surface area (Å²) in [5.74, 6) is -2.24. The molecule has 0 aliphatic carbocycles. The minimum absolute atomic E-state index is 0.00180. The number of unbranched alkanes of at least 4 members (excludes halogenated alkanes) is 1. The van der Waals surface area contributed by atoms with Gasteiger partial charge in [0.15, 0.2) is 11.5 Å². The molecule has 0 fully saturated rings. The number of carbonyl (C=O) groups is 4. The summed E-state index contributed by atoms with van der Waals surface area (Å²) >= 11 is 0. The predicted octanol–water partition coefficient (Wildman–Crippen LogP) is 4.15. The third kappa shape index (κ3) is 10.8. The van der Waals surface area contributed by atoms with Crippen molar-refractivity contribution in [2.75, 3.05) is 6.61 Å². The van der Waals surface area contributed by atoms with Gasteiger partial charge in [0.2, 0.25) is 0 Å². The van der Waals surface area contributed by atoms with Crippen molar-refractivity contribution >= 4 is 24.1 Å². The maximum Gasteiger partial charge on any atom is 0.508 e. The molecule has 10 heteroatoms. The minimum Gasteiger partial charge on any atom is -0.480 e. The van der Waals surface area contributed by atoms with Gasteiger partial charge in [0.25, 0.3) is 0 Å². The first-order valence-corrected chi connectivity index (χ1v) is 11.9. The Morgan fingerprint density at radius 1 is 0.971 bits per heavy atom. The largest absolute Gasteiger partial charge is 0.508 e. The smallest absolute Gasteiger partial charge is 0.480 e. The van der Waals surface area contributed by atoms with Crippen molar-refractivity contribution in [3.8, 4) is 11.5 Å². The number of esters is 2. The van der Waals surface area contributed by atoms with Crippen LogP contribution < -0.4 is 15.2 Å². The van der Waals surface area contributed by atoms with Gasteiger partial charge < -0.3 is 29.8 Å². The topological polar surface area (TPSA) is 151 Å². The molecule has 0 saturated carbocycles. The van der Waals surface area contributed by atoms with E-state index in [-0.39, 0.29) is 43.8 Å². The van der Waals surface area contributed by atoms with Crippen molar-refractivity contribution in [3.05, 3.63) is 23.8 Å². The molecule has 0 aliphatic rings. The van der Waals surface area contributed by atoms with Gasteiger partial charge in [0.05, 0.1) is 6.61 Å². The van der Waals surface area contributed by atoms with Gasteiger partial charge >= 0.3 is 24.1 Å². The van der Waals surface area contributed by atoms with Gasteiger partial charge in [-0.1, -0.05) is 33.3 Å². The van der Waals surface area contributed by atoms with Gasteiger partial charge in [-0.25, -0.2) is 4.79 Å². The lowest BCUT2D eigenvalue weighted by atomic mass is 9.86. The molecule has 1 aromatic carbocycles. The van der Waals surface area contributed by atoms with E-state index in [1.807, 2.05) is 20.8 Å². The molecule has 0 aromatic heterocycles. The zero-order valence-electron chi connectivity index (χ0n) is 21.0. The predicted molar refractivity (Wildman–Crippen MR) is 127 cm³/mol. The van der Waals surface area contributed by atoms with Gasteiger partial charge in [-0.2, -0.15) is 0 Å². The second kappa shape index (κ2) is 15.0. The number of carboxylic acids is 1. The highest BCUT2D eigenvalue weighted by molar-refractivity contribution is 5.79. The molecular weight excluding hydrogens is 458 g/mol. The Labute approximate surface area is 206 Å². The van der Waals surface area contributed by atoms with Gasteiger partial charge in [0, 0.05) is 25.7 Å². The lowest BCUT2D eigenvalue weighted by Crippen LogP contribution is -2.52. The number of carbonyl (C=O) groups excluding carboxylic acids is 3. The van der Waals surface area contributed by atoms with Gasteiger partial charge in [-0.3, -0.25) is 14.4 Å². The molecule has 3 N–H and O–H groups in total. The molecule has 0 aliphatic heterocycles. The van der Waals surface area contributed by atoms with E-state index in [4.69, 9.17) is 24.7 Å². The molecule has 10 nitrogen and oxygen atoms in total. The second-order valence-electron chi connectivity index (χ2n) is 8.45. The Morgan fingerprint density at radius 2 is 1.57 bits per heavy atom. The zero-order chi connectivity index (χ0) is 26.4. The van der Waals surface area contributed by atoms with Crippen molar-refractivity contribution < 1.29 is 43.2 Å². The van der Waals surface area contributed by atoms with E-state index in [0.29, 0.717) is 24.8 Å². The Hall–Kier alpha value is -3.14. The zero-order valence-corrected chi connectivity index (χ0v) is 21.0. The summed E-state index contributed by atoms with van der Waals surface area (Å²) in [5, 5.41) is 9.82. The first kappa shape index (κ1) is 29.9. The van der Waals surface area contributed by atoms with Gasteiger partial charge in [-0.15, -0.1) is 0 Å². The average molecular weight is 496 g/mol. The fourth-order valence-electron chi connectivity index (χ4n) is 3.23. The molecule has 0 radical (unpaired) electrons. The maximum atomic E-state index is 12.1. The van der Waals surface area contributed by atoms with Crippen LogP contribution in [0, 0.1) is 0 Å². The average Bonchev–Trinajstić information content (AvgIpc) is 2.75. The third-order valence-corrected chi connectivity index (χ3v) is 4.98. The minimum atomic E-state index is -1.80. The molecule has 35 heavy (non-hydrogen) atoms. The standard InChI is InChI=1S/C25H37NO9/c1-5-8-13-32-24(31)33-17(4)15-25(26,23(29)30)16-18-11-12-19(34-21(27)9-6-2)20(14-18)35-22(28)10-7-3/h11-12,14,17H,5-10,13,15-16,26H2,1-4H3,(H,29,30)/t17-,25?/m0/s1. The van der Waals surface area contributed by atoms with Crippen molar-refractivity contribution in [3.63, 3.8) is 0 Å². The van der Waals surface area contributed by atoms with E-state index in [9.17, 15) is 24.3 Å². The lowest BCUT2D eigenvalue weighted by Gasteiger charge is -2.28. The summed E-state index contributed by atoms with van der Waals surface area (Å²) in [6, 6.07) is 4.41. The first-order chi connectivity index (χ1) is 16.5. The summed E-state index contributed by atoms with van der Waals surface area (Å²) in [6.45, 7) is 7.33. The first-order valence-electron chi connectivity index (χ1n) is 11.9. The Kier molecular flexibility index (Phi) is 12.8. The summed E-state index contributed by atoms with van der Waals surface area (Å²) in [6.07, 6.45) is 0.957. The number of aliphatic carboxylic acids is 1. The van der Waals surface area contributed by atoms with Crippen LogP contribution in [-0.2, 0) is 30.3 Å². The van der Waals surface area contributed by atoms with Crippen molar-refractivity contribution in [2.24, 2.45) is 5.73 Å². The fraction of sp³-hybridized carbons (Fsp3) is 0.600. The van der Waals surface area contributed by atoms with E-state index in [1.54, 1.807) is 6.07 Å². The third-order valence-electron chi connectivity index (χ3n) is 4.98.